The minimum atomic E-state index is -1.04. The predicted octanol–water partition coefficient (Wildman–Crippen LogP) is 10.9. The van der Waals surface area contributed by atoms with Gasteiger partial charge in [-0.25, -0.2) is 19.9 Å². The molecule has 11 rings (SSSR count). The number of anilines is 7. The van der Waals surface area contributed by atoms with E-state index in [4.69, 9.17) is 29.6 Å². The maximum atomic E-state index is 11.1. The SMILES string of the molecule is C=CCNc1nc(NCCCCC)nc2c1ncn2CC(=O)O.CCCCCNc1nc(N(C)Cc2ccco2)c2ncn(CC(=O)O)c2n1.CCCCCNc1nc(NC2CCCC2)c2ncn(CC(=O)O)c2n1.CCCCCNc1nc(Oc2cccc([N+](=O)[O-])c2)c2ncn(CC(=O)O)c2n1. The molecule has 36 nitrogen and oxygen atoms in total. The molecule has 9 heterocycles. The van der Waals surface area contributed by atoms with Crippen molar-refractivity contribution in [2.24, 2.45) is 0 Å². The van der Waals surface area contributed by atoms with Crippen LogP contribution in [0.3, 0.4) is 0 Å². The number of carboxylic acids is 4. The number of benzene rings is 1. The van der Waals surface area contributed by atoms with E-state index in [9.17, 15) is 29.3 Å². The summed E-state index contributed by atoms with van der Waals surface area (Å²) in [5.41, 5.74) is 3.71. The molecule has 104 heavy (non-hydrogen) atoms. The molecule has 0 saturated heterocycles. The first-order valence-electron chi connectivity index (χ1n) is 34.9. The van der Waals surface area contributed by atoms with Crippen LogP contribution in [-0.2, 0) is 51.9 Å². The number of nitro groups is 1. The number of ether oxygens (including phenoxy) is 1. The fourth-order valence-corrected chi connectivity index (χ4v) is 10.9. The van der Waals surface area contributed by atoms with Gasteiger partial charge >= 0.3 is 23.9 Å². The van der Waals surface area contributed by atoms with Gasteiger partial charge in [-0.1, -0.05) is 104 Å². The van der Waals surface area contributed by atoms with E-state index in [-0.39, 0.29) is 55.0 Å². The highest BCUT2D eigenvalue weighted by Crippen LogP contribution is 2.32. The first-order chi connectivity index (χ1) is 50.4. The second-order valence-corrected chi connectivity index (χ2v) is 24.4. The van der Waals surface area contributed by atoms with Gasteiger partial charge in [0.05, 0.1) is 49.1 Å². The number of non-ortho nitro benzene ring substituents is 1. The van der Waals surface area contributed by atoms with Crippen LogP contribution >= 0.6 is 0 Å². The number of nitro benzene ring substituents is 1. The molecule has 0 radical (unpaired) electrons. The molecule has 0 aliphatic heterocycles. The molecule has 1 aromatic carbocycles. The fraction of sp³-hybridized carbons (Fsp3) is 0.471. The number of aromatic nitrogens is 16. The van der Waals surface area contributed by atoms with Crippen LogP contribution in [0.5, 0.6) is 11.6 Å². The zero-order valence-electron chi connectivity index (χ0n) is 59.2. The number of fused-ring (bicyclic) bond motifs is 4. The molecule has 0 spiro atoms. The van der Waals surface area contributed by atoms with Crippen LogP contribution in [0.15, 0.2) is 85.0 Å². The van der Waals surface area contributed by atoms with Crippen LogP contribution in [0, 0.1) is 10.1 Å². The number of rotatable bonds is 39. The van der Waals surface area contributed by atoms with E-state index in [0.717, 1.165) is 115 Å². The molecule has 10 aromatic rings. The zero-order valence-corrected chi connectivity index (χ0v) is 59.2. The molecule has 0 amide bonds. The Balaban J connectivity index is 0.000000176. The Morgan fingerprint density at radius 3 is 1.46 bits per heavy atom. The lowest BCUT2D eigenvalue weighted by atomic mass is 10.2. The van der Waals surface area contributed by atoms with E-state index in [2.05, 4.69) is 126 Å². The Labute approximate surface area is 598 Å². The third kappa shape index (κ3) is 23.1. The Morgan fingerprint density at radius 1 is 0.577 bits per heavy atom. The van der Waals surface area contributed by atoms with Crippen LogP contribution in [0.1, 0.15) is 136 Å². The van der Waals surface area contributed by atoms with E-state index in [1.807, 2.05) is 24.1 Å². The van der Waals surface area contributed by atoms with Gasteiger partial charge in [0, 0.05) is 51.9 Å². The van der Waals surface area contributed by atoms with E-state index in [1.54, 1.807) is 23.0 Å². The van der Waals surface area contributed by atoms with Crippen molar-refractivity contribution in [1.29, 1.82) is 0 Å². The largest absolute Gasteiger partial charge is 0.480 e. The van der Waals surface area contributed by atoms with Crippen LogP contribution in [0.4, 0.5) is 46.9 Å². The predicted molar refractivity (Wildman–Crippen MR) is 392 cm³/mol. The summed E-state index contributed by atoms with van der Waals surface area (Å²) < 4.78 is 17.1. The van der Waals surface area contributed by atoms with Gasteiger partial charge in [-0.2, -0.15) is 39.9 Å². The Morgan fingerprint density at radius 2 is 1.01 bits per heavy atom. The van der Waals surface area contributed by atoms with Gasteiger partial charge < -0.3 is 84.6 Å². The van der Waals surface area contributed by atoms with Gasteiger partial charge in [-0.05, 0) is 56.7 Å². The van der Waals surface area contributed by atoms with Crippen LogP contribution in [0.2, 0.25) is 0 Å². The van der Waals surface area contributed by atoms with Gasteiger partial charge in [0.2, 0.25) is 23.8 Å². The van der Waals surface area contributed by atoms with E-state index in [1.165, 1.54) is 70.1 Å². The van der Waals surface area contributed by atoms with Crippen molar-refractivity contribution in [1.82, 2.24) is 78.1 Å². The Kier molecular flexibility index (Phi) is 29.9. The smallest absolute Gasteiger partial charge is 0.323 e. The highest BCUT2D eigenvalue weighted by Gasteiger charge is 2.23. The molecule has 36 heteroatoms. The molecule has 556 valence electrons. The lowest BCUT2D eigenvalue weighted by Crippen LogP contribution is -2.19. The van der Waals surface area contributed by atoms with Crippen LogP contribution in [-0.4, -0.2) is 173 Å². The third-order valence-corrected chi connectivity index (χ3v) is 16.0. The Hall–Kier alpha value is -11.9. The highest BCUT2D eigenvalue weighted by molar-refractivity contribution is 5.88. The Bertz CT molecular complexity index is 4430. The molecule has 10 N–H and O–H groups in total. The van der Waals surface area contributed by atoms with Crippen molar-refractivity contribution in [3.8, 4) is 11.6 Å². The minimum absolute atomic E-state index is 0.0811. The minimum Gasteiger partial charge on any atom is -0.480 e. The molecule has 0 bridgehead atoms. The van der Waals surface area contributed by atoms with E-state index < -0.39 is 28.8 Å². The molecule has 0 unspecified atom stereocenters. The van der Waals surface area contributed by atoms with Crippen molar-refractivity contribution in [3.63, 3.8) is 0 Å². The molecular weight excluding hydrogens is 1340 g/mol. The lowest BCUT2D eigenvalue weighted by molar-refractivity contribution is -0.384. The summed E-state index contributed by atoms with van der Waals surface area (Å²) in [6.07, 6.45) is 26.8. The number of carboxylic acid groups (broad SMARTS) is 4. The summed E-state index contributed by atoms with van der Waals surface area (Å²) in [4.78, 5) is 109. The molecule has 1 saturated carbocycles. The van der Waals surface area contributed by atoms with E-state index in [0.29, 0.717) is 100 Å². The molecule has 1 fully saturated rings. The number of nitrogens with zero attached hydrogens (tertiary/aromatic N) is 18. The van der Waals surface area contributed by atoms with Crippen molar-refractivity contribution < 1.29 is 53.7 Å². The van der Waals surface area contributed by atoms with Crippen molar-refractivity contribution in [2.75, 3.05) is 76.6 Å². The molecule has 0 atom stereocenters. The van der Waals surface area contributed by atoms with Gasteiger partial charge in [0.1, 0.15) is 37.7 Å². The van der Waals surface area contributed by atoms with Crippen LogP contribution in [0.25, 0.3) is 44.7 Å². The quantitative estimate of drug-likeness (QED) is 0.00740. The average molecular weight is 1440 g/mol. The van der Waals surface area contributed by atoms with Crippen molar-refractivity contribution >= 4 is 115 Å². The van der Waals surface area contributed by atoms with Gasteiger partial charge in [0.25, 0.3) is 11.6 Å². The van der Waals surface area contributed by atoms with Gasteiger partial charge in [0.15, 0.2) is 62.1 Å². The maximum Gasteiger partial charge on any atom is 0.323 e. The topological polar surface area (TPSA) is 465 Å². The summed E-state index contributed by atoms with van der Waals surface area (Å²) in [5, 5.41) is 66.7. The standard InChI is InChI=1S/C18H20N6O5.C18H24N6O3.C17H26N6O2.C15H22N6O2/c1-2-3-4-8-19-18-21-16-15(20-11-23(16)10-14(25)26)17(22-18)29-13-7-5-6-12(9-13)24(27)28;1-3-4-5-8-19-18-21-16(23(2)10-13-7-6-9-27-13)15-17(22-18)24(12-20-15)11-14(25)26;1-2-3-6-9-18-17-21-15(20-12-7-4-5-8-12)14-16(22-17)23(11-19-14)10-13(24)25;1-3-5-6-8-17-15-19-13(16-7-4-2)12-14(20-15)21(10-18-12)9-11(22)23/h5-7,9,11H,2-4,8,10H2,1H3,(H,25,26)(H,19,21,22);6-7,9,12H,3-5,8,10-11H2,1-2H3,(H,25,26)(H,19,21,22);11-12H,2-10H2,1H3,(H,24,25)(H2,18,20,21,22);4,10H,2-3,5-9H2,1H3,(H,22,23)(H2,16,17,19,20). The highest BCUT2D eigenvalue weighted by atomic mass is 16.6. The lowest BCUT2D eigenvalue weighted by Gasteiger charge is -2.18. The number of carbonyl (C=O) groups is 4. The second-order valence-electron chi connectivity index (χ2n) is 24.4. The van der Waals surface area contributed by atoms with Gasteiger partial charge in [-0.15, -0.1) is 6.58 Å². The molecule has 9 aromatic heterocycles. The van der Waals surface area contributed by atoms with E-state index >= 15 is 0 Å². The third-order valence-electron chi connectivity index (χ3n) is 16.0. The summed E-state index contributed by atoms with van der Waals surface area (Å²) in [6, 6.07) is 9.81. The summed E-state index contributed by atoms with van der Waals surface area (Å²) in [5.74, 6) is 0.846. The first-order valence-corrected chi connectivity index (χ1v) is 34.9. The summed E-state index contributed by atoms with van der Waals surface area (Å²) >= 11 is 0. The maximum absolute atomic E-state index is 11.1. The zero-order chi connectivity index (χ0) is 74.3. The number of unbranched alkanes of at least 4 members (excludes halogenated alkanes) is 8. The molecule has 1 aliphatic rings. The number of aliphatic carboxylic acids is 4. The number of imidazole rings is 4. The van der Waals surface area contributed by atoms with Crippen molar-refractivity contribution in [3.05, 3.63) is 96.5 Å². The molecular formula is C68H92N24O12. The first kappa shape index (κ1) is 77.9. The van der Waals surface area contributed by atoms with Crippen molar-refractivity contribution in [2.45, 2.75) is 169 Å². The summed E-state index contributed by atoms with van der Waals surface area (Å²) in [6.45, 7) is 15.4. The van der Waals surface area contributed by atoms with Gasteiger partial charge in [-0.3, -0.25) is 29.3 Å². The number of furan rings is 1. The number of hydrogen-bond acceptors (Lipinski definition) is 27. The monoisotopic (exact) mass is 1440 g/mol. The van der Waals surface area contributed by atoms with Crippen LogP contribution < -0.4 is 41.5 Å². The normalized spacial score (nSPS) is 11.8. The fourth-order valence-electron chi connectivity index (χ4n) is 10.9. The summed E-state index contributed by atoms with van der Waals surface area (Å²) in [7, 11) is 1.89. The average Bonchev–Trinajstić information content (AvgIpc) is 1.61. The second kappa shape index (κ2) is 39.9. The molecule has 1 aliphatic carbocycles. The number of hydrogen-bond donors (Lipinski definition) is 10. The number of nitrogens with one attached hydrogen (secondary N) is 6.